The Morgan fingerprint density at radius 2 is 2.19 bits per heavy atom. The Balaban J connectivity index is 2.47. The highest BCUT2D eigenvalue weighted by Gasteiger charge is 2.15. The third kappa shape index (κ3) is 4.25. The summed E-state index contributed by atoms with van der Waals surface area (Å²) in [7, 11) is 2.07. The lowest BCUT2D eigenvalue weighted by atomic mass is 9.97. The van der Waals surface area contributed by atoms with Crippen molar-refractivity contribution in [3.8, 4) is 6.07 Å². The molecule has 88 valence electrons. The third-order valence-corrected chi connectivity index (χ3v) is 4.14. The van der Waals surface area contributed by atoms with Gasteiger partial charge in [0.2, 0.25) is 0 Å². The van der Waals surface area contributed by atoms with Crippen LogP contribution in [0.5, 0.6) is 0 Å². The molecule has 0 aromatic carbocycles. The molecular formula is C12H17BrN2S. The van der Waals surface area contributed by atoms with Crippen LogP contribution in [0, 0.1) is 23.2 Å². The number of halogens is 1. The molecule has 0 bridgehead atoms. The average Bonchev–Trinajstić information content (AvgIpc) is 2.60. The van der Waals surface area contributed by atoms with E-state index < -0.39 is 0 Å². The molecule has 0 radical (unpaired) electrons. The van der Waals surface area contributed by atoms with E-state index in [2.05, 4.69) is 59.9 Å². The first-order valence-corrected chi connectivity index (χ1v) is 6.96. The summed E-state index contributed by atoms with van der Waals surface area (Å²) in [5, 5.41) is 9.03. The molecule has 1 rings (SSSR count). The van der Waals surface area contributed by atoms with E-state index >= 15 is 0 Å². The van der Waals surface area contributed by atoms with Crippen LogP contribution in [-0.2, 0) is 6.54 Å². The SMILES string of the molecule is CC(C)C(C#N)CN(C)Cc1ccc(Br)s1. The maximum Gasteiger partial charge on any atom is 0.0701 e. The van der Waals surface area contributed by atoms with Crippen LogP contribution >= 0.6 is 27.3 Å². The van der Waals surface area contributed by atoms with Gasteiger partial charge in [-0.25, -0.2) is 0 Å². The van der Waals surface area contributed by atoms with Crippen molar-refractivity contribution in [1.29, 1.82) is 5.26 Å². The van der Waals surface area contributed by atoms with Gasteiger partial charge in [-0.2, -0.15) is 5.26 Å². The standard InChI is InChI=1S/C12H17BrN2S/c1-9(2)10(6-14)7-15(3)8-11-4-5-12(13)16-11/h4-5,9-10H,7-8H2,1-3H3. The molecule has 1 heterocycles. The third-order valence-electron chi connectivity index (χ3n) is 2.53. The normalized spacial score (nSPS) is 13.1. The first-order valence-electron chi connectivity index (χ1n) is 5.35. The number of nitrogens with zero attached hydrogens (tertiary/aromatic N) is 2. The van der Waals surface area contributed by atoms with Gasteiger partial charge in [0.05, 0.1) is 15.8 Å². The van der Waals surface area contributed by atoms with Crippen molar-refractivity contribution in [2.45, 2.75) is 20.4 Å². The Hall–Kier alpha value is -0.370. The molecule has 1 aromatic rings. The maximum absolute atomic E-state index is 9.03. The summed E-state index contributed by atoms with van der Waals surface area (Å²) in [6, 6.07) is 6.57. The molecule has 4 heteroatoms. The first-order chi connectivity index (χ1) is 7.52. The Labute approximate surface area is 110 Å². The monoisotopic (exact) mass is 300 g/mol. The molecule has 1 atom stereocenters. The maximum atomic E-state index is 9.03. The highest BCUT2D eigenvalue weighted by molar-refractivity contribution is 9.11. The van der Waals surface area contributed by atoms with Gasteiger partial charge in [-0.15, -0.1) is 11.3 Å². The number of rotatable bonds is 5. The molecule has 0 N–H and O–H groups in total. The van der Waals surface area contributed by atoms with Gasteiger partial charge in [0.25, 0.3) is 0 Å². The van der Waals surface area contributed by atoms with Crippen LogP contribution in [0.1, 0.15) is 18.7 Å². The van der Waals surface area contributed by atoms with E-state index in [1.54, 1.807) is 11.3 Å². The topological polar surface area (TPSA) is 27.0 Å². The lowest BCUT2D eigenvalue weighted by Crippen LogP contribution is -2.27. The molecule has 0 spiro atoms. The van der Waals surface area contributed by atoms with Crippen LogP contribution in [0.25, 0.3) is 0 Å². The lowest BCUT2D eigenvalue weighted by Gasteiger charge is -2.21. The number of thiophene rings is 1. The van der Waals surface area contributed by atoms with Crippen molar-refractivity contribution in [1.82, 2.24) is 4.90 Å². The molecule has 1 unspecified atom stereocenters. The van der Waals surface area contributed by atoms with Crippen molar-refractivity contribution in [3.05, 3.63) is 20.8 Å². The van der Waals surface area contributed by atoms with Crippen molar-refractivity contribution < 1.29 is 0 Å². The van der Waals surface area contributed by atoms with Crippen LogP contribution in [0.3, 0.4) is 0 Å². The van der Waals surface area contributed by atoms with Gasteiger partial charge in [-0.05, 0) is 41.0 Å². The molecule has 0 aliphatic heterocycles. The zero-order chi connectivity index (χ0) is 12.1. The second-order valence-electron chi connectivity index (χ2n) is 4.38. The van der Waals surface area contributed by atoms with Gasteiger partial charge in [-0.1, -0.05) is 13.8 Å². The fourth-order valence-corrected chi connectivity index (χ4v) is 3.07. The Kier molecular flexibility index (Phi) is 5.47. The van der Waals surface area contributed by atoms with E-state index in [1.165, 1.54) is 4.88 Å². The van der Waals surface area contributed by atoms with Crippen LogP contribution in [0.15, 0.2) is 15.9 Å². The second kappa shape index (κ2) is 6.39. The second-order valence-corrected chi connectivity index (χ2v) is 6.93. The van der Waals surface area contributed by atoms with Gasteiger partial charge in [0, 0.05) is 18.0 Å². The van der Waals surface area contributed by atoms with Crippen molar-refractivity contribution in [2.24, 2.45) is 11.8 Å². The van der Waals surface area contributed by atoms with Gasteiger partial charge in [0.15, 0.2) is 0 Å². The molecule has 0 aliphatic rings. The fourth-order valence-electron chi connectivity index (χ4n) is 1.50. The summed E-state index contributed by atoms with van der Waals surface area (Å²) in [5.41, 5.74) is 0. The highest BCUT2D eigenvalue weighted by Crippen LogP contribution is 2.23. The first kappa shape index (κ1) is 13.7. The zero-order valence-corrected chi connectivity index (χ0v) is 12.3. The fraction of sp³-hybridized carbons (Fsp3) is 0.583. The molecule has 16 heavy (non-hydrogen) atoms. The Morgan fingerprint density at radius 3 is 2.62 bits per heavy atom. The molecule has 0 fully saturated rings. The van der Waals surface area contributed by atoms with Gasteiger partial charge in [-0.3, -0.25) is 4.90 Å². The molecule has 0 amide bonds. The molecule has 0 aliphatic carbocycles. The molecule has 2 nitrogen and oxygen atoms in total. The summed E-state index contributed by atoms with van der Waals surface area (Å²) in [6.07, 6.45) is 0. The molecular weight excluding hydrogens is 284 g/mol. The highest BCUT2D eigenvalue weighted by atomic mass is 79.9. The molecule has 0 saturated carbocycles. The van der Waals surface area contributed by atoms with Crippen LogP contribution < -0.4 is 0 Å². The lowest BCUT2D eigenvalue weighted by molar-refractivity contribution is 0.267. The van der Waals surface area contributed by atoms with Crippen molar-refractivity contribution >= 4 is 27.3 Å². The van der Waals surface area contributed by atoms with Crippen molar-refractivity contribution in [2.75, 3.05) is 13.6 Å². The summed E-state index contributed by atoms with van der Waals surface area (Å²) < 4.78 is 1.16. The predicted molar refractivity (Wildman–Crippen MR) is 72.3 cm³/mol. The van der Waals surface area contributed by atoms with E-state index in [0.717, 1.165) is 16.9 Å². The average molecular weight is 301 g/mol. The Bertz CT molecular complexity index is 367. The number of nitriles is 1. The van der Waals surface area contributed by atoms with E-state index in [-0.39, 0.29) is 5.92 Å². The minimum atomic E-state index is 0.119. The van der Waals surface area contributed by atoms with Crippen LogP contribution in [0.4, 0.5) is 0 Å². The van der Waals surface area contributed by atoms with Crippen LogP contribution in [0.2, 0.25) is 0 Å². The minimum absolute atomic E-state index is 0.119. The Morgan fingerprint density at radius 1 is 1.50 bits per heavy atom. The summed E-state index contributed by atoms with van der Waals surface area (Å²) in [4.78, 5) is 3.54. The van der Waals surface area contributed by atoms with E-state index in [1.807, 2.05) is 0 Å². The van der Waals surface area contributed by atoms with Gasteiger partial charge < -0.3 is 0 Å². The molecule has 1 aromatic heterocycles. The van der Waals surface area contributed by atoms with E-state index in [9.17, 15) is 0 Å². The van der Waals surface area contributed by atoms with Gasteiger partial charge >= 0.3 is 0 Å². The number of hydrogen-bond acceptors (Lipinski definition) is 3. The zero-order valence-electron chi connectivity index (χ0n) is 9.90. The largest absolute Gasteiger partial charge is 0.300 e. The van der Waals surface area contributed by atoms with Crippen LogP contribution in [-0.4, -0.2) is 18.5 Å². The quantitative estimate of drug-likeness (QED) is 0.828. The van der Waals surface area contributed by atoms with E-state index in [0.29, 0.717) is 5.92 Å². The van der Waals surface area contributed by atoms with Crippen molar-refractivity contribution in [3.63, 3.8) is 0 Å². The predicted octanol–water partition coefficient (Wildman–Crippen LogP) is 3.74. The summed E-state index contributed by atoms with van der Waals surface area (Å²) in [6.45, 7) is 5.96. The molecule has 0 saturated heterocycles. The summed E-state index contributed by atoms with van der Waals surface area (Å²) in [5.74, 6) is 0.538. The smallest absolute Gasteiger partial charge is 0.0701 e. The van der Waals surface area contributed by atoms with E-state index in [4.69, 9.17) is 5.26 Å². The summed E-state index contributed by atoms with van der Waals surface area (Å²) >= 11 is 5.21. The van der Waals surface area contributed by atoms with Gasteiger partial charge in [0.1, 0.15) is 0 Å². The minimum Gasteiger partial charge on any atom is -0.300 e. The number of hydrogen-bond donors (Lipinski definition) is 0.